The minimum Gasteiger partial charge on any atom is -0.396 e. The van der Waals surface area contributed by atoms with Crippen LogP contribution in [0.25, 0.3) is 0 Å². The Balaban J connectivity index is 1.79. The van der Waals surface area contributed by atoms with Crippen LogP contribution in [0, 0.1) is 39.4 Å². The van der Waals surface area contributed by atoms with E-state index < -0.39 is 11.5 Å². The van der Waals surface area contributed by atoms with Crippen molar-refractivity contribution < 1.29 is 15.0 Å². The highest BCUT2D eigenvalue weighted by molar-refractivity contribution is 5.62. The molecule has 0 spiro atoms. The zero-order valence-electron chi connectivity index (χ0n) is 18.6. The molecular formula is C25H40O3. The van der Waals surface area contributed by atoms with E-state index in [1.807, 2.05) is 6.92 Å². The summed E-state index contributed by atoms with van der Waals surface area (Å²) in [5, 5.41) is 20.5. The molecule has 4 rings (SSSR count). The zero-order chi connectivity index (χ0) is 20.5. The number of aliphatic hydroxyl groups is 2. The SMILES string of the molecule is C[C@H](CO)[C@H]1CC[C@@]2(C)C3=C(CC[C@]12C)[C@@]1(C)CC[C@@H](O)[C@](C)(C=O)[C@@H]1CC3. The van der Waals surface area contributed by atoms with Gasteiger partial charge in [-0.25, -0.2) is 0 Å². The normalized spacial score (nSPS) is 51.9. The van der Waals surface area contributed by atoms with Crippen LogP contribution in [0.3, 0.4) is 0 Å². The summed E-state index contributed by atoms with van der Waals surface area (Å²) < 4.78 is 0. The summed E-state index contributed by atoms with van der Waals surface area (Å²) in [5.41, 5.74) is 3.25. The highest BCUT2D eigenvalue weighted by Gasteiger charge is 2.63. The summed E-state index contributed by atoms with van der Waals surface area (Å²) in [6.07, 6.45) is 9.17. The molecule has 0 bridgehead atoms. The van der Waals surface area contributed by atoms with Gasteiger partial charge in [-0.1, -0.05) is 45.8 Å². The standard InChI is InChI=1S/C25H40O3/c1-16(14-26)17-8-12-25(5)19-6-7-20-22(2,18(19)9-13-24(17,25)4)11-10-21(28)23(20,3)15-27/h15-17,20-21,26,28H,6-14H2,1-5H3/t16-,17-,20-,21-,22-,23-,24-,25+/m1/s1. The van der Waals surface area contributed by atoms with Gasteiger partial charge in [0.15, 0.2) is 0 Å². The van der Waals surface area contributed by atoms with E-state index in [1.165, 1.54) is 19.3 Å². The first-order chi connectivity index (χ1) is 13.1. The van der Waals surface area contributed by atoms with Crippen LogP contribution in [0.1, 0.15) is 86.0 Å². The molecule has 28 heavy (non-hydrogen) atoms. The Labute approximate surface area is 171 Å². The second-order valence-corrected chi connectivity index (χ2v) is 11.6. The van der Waals surface area contributed by atoms with Gasteiger partial charge in [-0.15, -0.1) is 0 Å². The van der Waals surface area contributed by atoms with Crippen molar-refractivity contribution in [3.8, 4) is 0 Å². The van der Waals surface area contributed by atoms with E-state index in [0.717, 1.165) is 38.4 Å². The zero-order valence-corrected chi connectivity index (χ0v) is 18.6. The van der Waals surface area contributed by atoms with Gasteiger partial charge >= 0.3 is 0 Å². The van der Waals surface area contributed by atoms with Gasteiger partial charge in [-0.2, -0.15) is 0 Å². The number of allylic oxidation sites excluding steroid dienone is 2. The molecule has 0 amide bonds. The first-order valence-corrected chi connectivity index (χ1v) is 11.6. The fourth-order valence-electron chi connectivity index (χ4n) is 8.66. The molecule has 0 aromatic rings. The highest BCUT2D eigenvalue weighted by atomic mass is 16.3. The van der Waals surface area contributed by atoms with Crippen LogP contribution in [0.2, 0.25) is 0 Å². The predicted molar refractivity (Wildman–Crippen MR) is 112 cm³/mol. The third-order valence-electron chi connectivity index (χ3n) is 10.7. The molecule has 4 aliphatic rings. The topological polar surface area (TPSA) is 57.5 Å². The smallest absolute Gasteiger partial charge is 0.128 e. The first kappa shape index (κ1) is 20.6. The molecule has 3 heteroatoms. The molecule has 0 radical (unpaired) electrons. The van der Waals surface area contributed by atoms with Crippen LogP contribution in [0.4, 0.5) is 0 Å². The molecule has 0 aromatic carbocycles. The van der Waals surface area contributed by atoms with Gasteiger partial charge in [0.2, 0.25) is 0 Å². The first-order valence-electron chi connectivity index (χ1n) is 11.6. The van der Waals surface area contributed by atoms with Crippen molar-refractivity contribution >= 4 is 6.29 Å². The van der Waals surface area contributed by atoms with E-state index in [2.05, 4.69) is 27.7 Å². The van der Waals surface area contributed by atoms with E-state index in [0.29, 0.717) is 11.8 Å². The quantitative estimate of drug-likeness (QED) is 0.534. The molecule has 2 fully saturated rings. The van der Waals surface area contributed by atoms with Gasteiger partial charge in [-0.3, -0.25) is 0 Å². The maximum atomic E-state index is 12.1. The number of carbonyl (C=O) groups excluding carboxylic acids is 1. The Morgan fingerprint density at radius 2 is 1.75 bits per heavy atom. The molecule has 4 aliphatic carbocycles. The molecule has 2 saturated carbocycles. The van der Waals surface area contributed by atoms with Crippen molar-refractivity contribution in [2.24, 2.45) is 39.4 Å². The Kier molecular flexibility index (Phi) is 4.72. The van der Waals surface area contributed by atoms with Gasteiger partial charge in [-0.05, 0) is 85.4 Å². The molecule has 0 aliphatic heterocycles. The van der Waals surface area contributed by atoms with Gasteiger partial charge in [0.25, 0.3) is 0 Å². The van der Waals surface area contributed by atoms with Crippen molar-refractivity contribution in [1.82, 2.24) is 0 Å². The number of fused-ring (bicyclic) bond motifs is 4. The summed E-state index contributed by atoms with van der Waals surface area (Å²) in [6.45, 7) is 11.9. The molecule has 0 aromatic heterocycles. The van der Waals surface area contributed by atoms with Crippen molar-refractivity contribution in [2.45, 2.75) is 92.1 Å². The average molecular weight is 389 g/mol. The van der Waals surface area contributed by atoms with Crippen molar-refractivity contribution in [3.05, 3.63) is 11.1 Å². The lowest BCUT2D eigenvalue weighted by Gasteiger charge is -2.61. The molecule has 0 heterocycles. The van der Waals surface area contributed by atoms with E-state index in [9.17, 15) is 15.0 Å². The van der Waals surface area contributed by atoms with E-state index in [-0.39, 0.29) is 28.8 Å². The van der Waals surface area contributed by atoms with Gasteiger partial charge in [0.05, 0.1) is 11.5 Å². The number of hydrogen-bond donors (Lipinski definition) is 2. The third-order valence-corrected chi connectivity index (χ3v) is 10.7. The third kappa shape index (κ3) is 2.32. The van der Waals surface area contributed by atoms with Gasteiger partial charge < -0.3 is 15.0 Å². The number of hydrogen-bond acceptors (Lipinski definition) is 3. The van der Waals surface area contributed by atoms with Crippen LogP contribution in [0.15, 0.2) is 11.1 Å². The highest BCUT2D eigenvalue weighted by Crippen LogP contribution is 2.72. The number of aliphatic hydroxyl groups excluding tert-OH is 2. The molecule has 0 saturated heterocycles. The van der Waals surface area contributed by atoms with Crippen LogP contribution in [-0.2, 0) is 4.79 Å². The fourth-order valence-corrected chi connectivity index (χ4v) is 8.66. The molecule has 0 unspecified atom stereocenters. The van der Waals surface area contributed by atoms with E-state index >= 15 is 0 Å². The van der Waals surface area contributed by atoms with Crippen LogP contribution >= 0.6 is 0 Å². The molecule has 3 nitrogen and oxygen atoms in total. The minimum atomic E-state index is -0.614. The largest absolute Gasteiger partial charge is 0.396 e. The number of carbonyl (C=O) groups is 1. The van der Waals surface area contributed by atoms with Crippen LogP contribution in [-0.4, -0.2) is 29.2 Å². The second kappa shape index (κ2) is 6.41. The van der Waals surface area contributed by atoms with Gasteiger partial charge in [0, 0.05) is 6.61 Å². The Morgan fingerprint density at radius 3 is 2.39 bits per heavy atom. The molecule has 158 valence electrons. The summed E-state index contributed by atoms with van der Waals surface area (Å²) in [6, 6.07) is 0. The lowest BCUT2D eigenvalue weighted by atomic mass is 9.43. The monoisotopic (exact) mass is 388 g/mol. The molecular weight excluding hydrogens is 348 g/mol. The Morgan fingerprint density at radius 1 is 1.04 bits per heavy atom. The number of rotatable bonds is 3. The second-order valence-electron chi connectivity index (χ2n) is 11.6. The maximum absolute atomic E-state index is 12.1. The Bertz CT molecular complexity index is 698. The lowest BCUT2D eigenvalue weighted by molar-refractivity contribution is -0.142. The Hall–Kier alpha value is -0.670. The van der Waals surface area contributed by atoms with Gasteiger partial charge in [0.1, 0.15) is 6.29 Å². The van der Waals surface area contributed by atoms with E-state index in [4.69, 9.17) is 0 Å². The fraction of sp³-hybridized carbons (Fsp3) is 0.880. The van der Waals surface area contributed by atoms with Crippen molar-refractivity contribution in [3.63, 3.8) is 0 Å². The average Bonchev–Trinajstić information content (AvgIpc) is 2.96. The van der Waals surface area contributed by atoms with E-state index in [1.54, 1.807) is 11.1 Å². The molecule has 2 N–H and O–H groups in total. The number of aldehydes is 1. The summed E-state index contributed by atoms with van der Waals surface area (Å²) in [5.74, 6) is 1.21. The summed E-state index contributed by atoms with van der Waals surface area (Å²) in [7, 11) is 0. The summed E-state index contributed by atoms with van der Waals surface area (Å²) >= 11 is 0. The van der Waals surface area contributed by atoms with Crippen LogP contribution < -0.4 is 0 Å². The van der Waals surface area contributed by atoms with Crippen molar-refractivity contribution in [1.29, 1.82) is 0 Å². The van der Waals surface area contributed by atoms with Crippen molar-refractivity contribution in [2.75, 3.05) is 6.61 Å². The maximum Gasteiger partial charge on any atom is 0.128 e. The predicted octanol–water partition coefficient (Wildman–Crippen LogP) is 4.90. The lowest BCUT2D eigenvalue weighted by Crippen LogP contribution is -2.56. The van der Waals surface area contributed by atoms with Crippen LogP contribution in [0.5, 0.6) is 0 Å². The summed E-state index contributed by atoms with van der Waals surface area (Å²) in [4.78, 5) is 12.1. The minimum absolute atomic E-state index is 0.0491. The molecule has 8 atom stereocenters.